The van der Waals surface area contributed by atoms with Gasteiger partial charge in [-0.1, -0.05) is 31.2 Å². The van der Waals surface area contributed by atoms with Gasteiger partial charge in [0, 0.05) is 23.3 Å². The van der Waals surface area contributed by atoms with E-state index >= 15 is 0 Å². The highest BCUT2D eigenvalue weighted by molar-refractivity contribution is 7.98. The van der Waals surface area contributed by atoms with Crippen LogP contribution < -0.4 is 15.6 Å². The maximum atomic E-state index is 12.6. The molecule has 0 bridgehead atoms. The number of amides is 1. The van der Waals surface area contributed by atoms with Crippen LogP contribution in [0, 0.1) is 13.8 Å². The average molecular weight is 478 g/mol. The minimum atomic E-state index is -0.242. The number of fused-ring (bicyclic) bond motifs is 1. The summed E-state index contributed by atoms with van der Waals surface area (Å²) in [6, 6.07) is 14.8. The number of ether oxygens (including phenoxy) is 1. The Morgan fingerprint density at radius 2 is 1.97 bits per heavy atom. The van der Waals surface area contributed by atoms with Crippen LogP contribution in [-0.4, -0.2) is 31.7 Å². The van der Waals surface area contributed by atoms with Gasteiger partial charge in [0.25, 0.3) is 17.2 Å². The number of anilines is 1. The molecular formula is C25H27N5O3S. The molecule has 176 valence electrons. The summed E-state index contributed by atoms with van der Waals surface area (Å²) in [5.74, 6) is 1.32. The van der Waals surface area contributed by atoms with Crippen LogP contribution in [0.15, 0.2) is 64.5 Å². The van der Waals surface area contributed by atoms with E-state index in [-0.39, 0.29) is 18.1 Å². The molecule has 2 aromatic heterocycles. The standard InChI is InChI=1S/C25H27N5O3S/c1-4-12-29-16-26-25-27-19(13-24(32)30(25)29)15-34-22-11-6-5-9-20(22)28-23(31)14-33-21-10-7-8-17(2)18(21)3/h5-11,13,16H,4,12,14-15H2,1-3H3,(H,28,31). The van der Waals surface area contributed by atoms with Gasteiger partial charge >= 0.3 is 0 Å². The van der Waals surface area contributed by atoms with Crippen molar-refractivity contribution in [3.8, 4) is 5.75 Å². The summed E-state index contributed by atoms with van der Waals surface area (Å²) in [4.78, 5) is 34.8. The molecule has 1 N–H and O–H groups in total. The largest absolute Gasteiger partial charge is 0.483 e. The number of aromatic nitrogens is 4. The summed E-state index contributed by atoms with van der Waals surface area (Å²) >= 11 is 1.49. The molecule has 0 spiro atoms. The fourth-order valence-electron chi connectivity index (χ4n) is 3.52. The number of thioether (sulfide) groups is 1. The van der Waals surface area contributed by atoms with Crippen molar-refractivity contribution in [2.24, 2.45) is 0 Å². The summed E-state index contributed by atoms with van der Waals surface area (Å²) in [7, 11) is 0. The molecular weight excluding hydrogens is 450 g/mol. The minimum Gasteiger partial charge on any atom is -0.483 e. The summed E-state index contributed by atoms with van der Waals surface area (Å²) in [6.07, 6.45) is 2.53. The number of rotatable bonds is 9. The number of carbonyl (C=O) groups excluding carboxylic acids is 1. The molecule has 2 heterocycles. The van der Waals surface area contributed by atoms with Gasteiger partial charge in [0.2, 0.25) is 0 Å². The second kappa shape index (κ2) is 10.6. The Kier molecular flexibility index (Phi) is 7.32. The molecule has 34 heavy (non-hydrogen) atoms. The highest BCUT2D eigenvalue weighted by Gasteiger charge is 2.12. The Labute approximate surface area is 202 Å². The highest BCUT2D eigenvalue weighted by Crippen LogP contribution is 2.29. The third-order valence-electron chi connectivity index (χ3n) is 5.40. The van der Waals surface area contributed by atoms with Gasteiger partial charge in [-0.25, -0.2) is 4.98 Å². The first-order chi connectivity index (χ1) is 16.5. The topological polar surface area (TPSA) is 90.5 Å². The summed E-state index contributed by atoms with van der Waals surface area (Å²) in [5.41, 5.74) is 3.30. The molecule has 9 heteroatoms. The zero-order valence-electron chi connectivity index (χ0n) is 19.4. The highest BCUT2D eigenvalue weighted by atomic mass is 32.2. The molecule has 0 aliphatic rings. The van der Waals surface area contributed by atoms with Crippen LogP contribution in [0.1, 0.15) is 30.2 Å². The van der Waals surface area contributed by atoms with Gasteiger partial charge in [-0.05, 0) is 49.6 Å². The van der Waals surface area contributed by atoms with Crippen molar-refractivity contribution in [1.29, 1.82) is 0 Å². The van der Waals surface area contributed by atoms with Crippen molar-refractivity contribution in [1.82, 2.24) is 19.2 Å². The van der Waals surface area contributed by atoms with Crippen molar-refractivity contribution in [3.63, 3.8) is 0 Å². The van der Waals surface area contributed by atoms with Gasteiger partial charge in [0.1, 0.15) is 12.1 Å². The first-order valence-corrected chi connectivity index (χ1v) is 12.1. The van der Waals surface area contributed by atoms with Gasteiger partial charge in [-0.2, -0.15) is 9.50 Å². The predicted molar refractivity (Wildman–Crippen MR) is 134 cm³/mol. The van der Waals surface area contributed by atoms with E-state index in [1.54, 1.807) is 11.0 Å². The van der Waals surface area contributed by atoms with Gasteiger partial charge in [0.15, 0.2) is 6.61 Å². The monoisotopic (exact) mass is 477 g/mol. The Morgan fingerprint density at radius 1 is 1.15 bits per heavy atom. The maximum absolute atomic E-state index is 12.6. The number of nitrogens with zero attached hydrogens (tertiary/aromatic N) is 4. The van der Waals surface area contributed by atoms with Crippen LogP contribution in [0.5, 0.6) is 5.75 Å². The molecule has 0 saturated carbocycles. The van der Waals surface area contributed by atoms with Gasteiger partial charge in [0.05, 0.1) is 11.4 Å². The summed E-state index contributed by atoms with van der Waals surface area (Å²) < 4.78 is 8.98. The van der Waals surface area contributed by atoms with Gasteiger partial charge in [-0.15, -0.1) is 11.8 Å². The number of hydrogen-bond donors (Lipinski definition) is 1. The second-order valence-corrected chi connectivity index (χ2v) is 8.94. The number of para-hydroxylation sites is 1. The minimum absolute atomic E-state index is 0.0846. The fourth-order valence-corrected chi connectivity index (χ4v) is 4.42. The molecule has 0 aliphatic heterocycles. The van der Waals surface area contributed by atoms with E-state index in [2.05, 4.69) is 15.3 Å². The van der Waals surface area contributed by atoms with Crippen LogP contribution in [-0.2, 0) is 17.1 Å². The summed E-state index contributed by atoms with van der Waals surface area (Å²) in [6.45, 7) is 6.64. The van der Waals surface area contributed by atoms with Gasteiger partial charge in [-0.3, -0.25) is 14.3 Å². The molecule has 4 aromatic rings. The van der Waals surface area contributed by atoms with Crippen LogP contribution in [0.4, 0.5) is 5.69 Å². The Hall–Kier alpha value is -3.59. The number of hydrogen-bond acceptors (Lipinski definition) is 6. The van der Waals surface area contributed by atoms with E-state index in [4.69, 9.17) is 4.74 Å². The summed E-state index contributed by atoms with van der Waals surface area (Å²) in [5, 5.41) is 2.92. The molecule has 0 fully saturated rings. The quantitative estimate of drug-likeness (QED) is 0.363. The molecule has 1 amide bonds. The molecule has 0 aliphatic carbocycles. The van der Waals surface area contributed by atoms with Crippen molar-refractivity contribution < 1.29 is 9.53 Å². The number of carbonyl (C=O) groups is 1. The lowest BCUT2D eigenvalue weighted by atomic mass is 10.1. The second-order valence-electron chi connectivity index (χ2n) is 7.92. The third kappa shape index (κ3) is 5.31. The number of nitrogens with one attached hydrogen (secondary N) is 1. The number of aryl methyl sites for hydroxylation is 2. The normalized spacial score (nSPS) is 11.0. The van der Waals surface area contributed by atoms with Crippen LogP contribution in [0.25, 0.3) is 5.78 Å². The molecule has 0 unspecified atom stereocenters. The predicted octanol–water partition coefficient (Wildman–Crippen LogP) is 4.23. The van der Waals surface area contributed by atoms with E-state index < -0.39 is 0 Å². The fraction of sp³-hybridized carbons (Fsp3) is 0.280. The van der Waals surface area contributed by atoms with Crippen molar-refractivity contribution in [2.45, 2.75) is 44.4 Å². The Balaban J connectivity index is 1.42. The number of benzene rings is 2. The van der Waals surface area contributed by atoms with E-state index in [0.717, 1.165) is 22.4 Å². The maximum Gasteiger partial charge on any atom is 0.274 e. The van der Waals surface area contributed by atoms with E-state index in [9.17, 15) is 9.59 Å². The lowest BCUT2D eigenvalue weighted by Gasteiger charge is -2.13. The van der Waals surface area contributed by atoms with Crippen molar-refractivity contribution in [2.75, 3.05) is 11.9 Å². The molecule has 0 radical (unpaired) electrons. The van der Waals surface area contributed by atoms with Crippen LogP contribution in [0.2, 0.25) is 0 Å². The van der Waals surface area contributed by atoms with Crippen LogP contribution >= 0.6 is 11.8 Å². The van der Waals surface area contributed by atoms with Gasteiger partial charge < -0.3 is 10.1 Å². The first kappa shape index (κ1) is 23.6. The van der Waals surface area contributed by atoms with E-state index in [1.807, 2.05) is 63.2 Å². The van der Waals surface area contributed by atoms with Crippen molar-refractivity contribution >= 4 is 29.1 Å². The molecule has 8 nitrogen and oxygen atoms in total. The molecule has 2 aromatic carbocycles. The SMILES string of the molecule is CCCn1cnc2nc(CSc3ccccc3NC(=O)COc3cccc(C)c3C)cc(=O)n21. The van der Waals surface area contributed by atoms with Crippen LogP contribution in [0.3, 0.4) is 0 Å². The lowest BCUT2D eigenvalue weighted by Crippen LogP contribution is -2.21. The lowest BCUT2D eigenvalue weighted by molar-refractivity contribution is -0.118. The van der Waals surface area contributed by atoms with E-state index in [0.29, 0.717) is 35.2 Å². The zero-order valence-corrected chi connectivity index (χ0v) is 20.3. The average Bonchev–Trinajstić information content (AvgIpc) is 3.23. The third-order valence-corrected chi connectivity index (χ3v) is 6.51. The van der Waals surface area contributed by atoms with Crippen molar-refractivity contribution in [3.05, 3.63) is 82.0 Å². The molecule has 0 atom stereocenters. The first-order valence-electron chi connectivity index (χ1n) is 11.1. The Morgan fingerprint density at radius 3 is 2.79 bits per heavy atom. The zero-order chi connectivity index (χ0) is 24.1. The molecule has 0 saturated heterocycles. The smallest absolute Gasteiger partial charge is 0.274 e. The molecule has 4 rings (SSSR count). The Bertz CT molecular complexity index is 1380. The van der Waals surface area contributed by atoms with E-state index in [1.165, 1.54) is 22.3 Å².